The number of nitrogens with zero attached hydrogens (tertiary/aromatic N) is 2. The van der Waals surface area contributed by atoms with Crippen LogP contribution in [0.5, 0.6) is 5.75 Å². The van der Waals surface area contributed by atoms with Crippen LogP contribution in [0.4, 0.5) is 19.0 Å². The first-order valence-corrected chi connectivity index (χ1v) is 13.7. The van der Waals surface area contributed by atoms with Crippen molar-refractivity contribution in [2.45, 2.75) is 25.2 Å². The fraction of sp³-hybridized carbons (Fsp3) is 0.176. The lowest BCUT2D eigenvalue weighted by Gasteiger charge is -2.24. The minimum atomic E-state index is -4.60. The SMILES string of the molecule is COc1cc(Cc2cc(=O)n3c(c2-c2cccc(C(F)(F)F)c2)N(Cc2ccccc2)CC3C(=O)O)c2ccccc2c1. The van der Waals surface area contributed by atoms with Crippen molar-refractivity contribution in [3.05, 3.63) is 130 Å². The van der Waals surface area contributed by atoms with E-state index in [0.29, 0.717) is 16.9 Å². The second kappa shape index (κ2) is 11.0. The Bertz CT molecular complexity index is 1900. The number of hydrogen-bond donors (Lipinski definition) is 1. The zero-order valence-electron chi connectivity index (χ0n) is 23.1. The normalized spacial score (nSPS) is 14.6. The van der Waals surface area contributed by atoms with E-state index in [1.54, 1.807) is 18.1 Å². The lowest BCUT2D eigenvalue weighted by Crippen LogP contribution is -2.28. The summed E-state index contributed by atoms with van der Waals surface area (Å²) in [6.07, 6.45) is -4.40. The molecule has 1 N–H and O–H groups in total. The number of aromatic nitrogens is 1. The molecular formula is C34H27F3N2O4. The Kier molecular flexibility index (Phi) is 7.17. The van der Waals surface area contributed by atoms with Crippen LogP contribution in [-0.4, -0.2) is 29.3 Å². The summed E-state index contributed by atoms with van der Waals surface area (Å²) in [6, 6.07) is 25.8. The largest absolute Gasteiger partial charge is 0.497 e. The molecule has 0 aliphatic carbocycles. The highest BCUT2D eigenvalue weighted by atomic mass is 19.4. The van der Waals surface area contributed by atoms with Gasteiger partial charge < -0.3 is 14.7 Å². The van der Waals surface area contributed by atoms with Gasteiger partial charge in [-0.2, -0.15) is 13.2 Å². The molecule has 4 aromatic carbocycles. The molecule has 1 aliphatic rings. The summed E-state index contributed by atoms with van der Waals surface area (Å²) in [5.41, 5.74) is 1.42. The number of alkyl halides is 3. The van der Waals surface area contributed by atoms with Crippen molar-refractivity contribution in [1.82, 2.24) is 4.57 Å². The first-order valence-electron chi connectivity index (χ1n) is 13.7. The molecule has 1 aromatic heterocycles. The third kappa shape index (κ3) is 5.34. The van der Waals surface area contributed by atoms with Crippen LogP contribution in [0.3, 0.4) is 0 Å². The number of halogens is 3. The first kappa shape index (κ1) is 28.1. The second-order valence-electron chi connectivity index (χ2n) is 10.6. The van der Waals surface area contributed by atoms with Gasteiger partial charge in [0.25, 0.3) is 5.56 Å². The topological polar surface area (TPSA) is 71.8 Å². The van der Waals surface area contributed by atoms with Gasteiger partial charge in [-0.1, -0.05) is 66.7 Å². The van der Waals surface area contributed by atoms with E-state index in [0.717, 1.165) is 34.0 Å². The number of aliphatic carboxylic acids is 1. The van der Waals surface area contributed by atoms with E-state index in [4.69, 9.17) is 4.74 Å². The highest BCUT2D eigenvalue weighted by Gasteiger charge is 2.38. The minimum Gasteiger partial charge on any atom is -0.497 e. The molecule has 6 nitrogen and oxygen atoms in total. The van der Waals surface area contributed by atoms with E-state index in [1.807, 2.05) is 66.7 Å². The molecule has 43 heavy (non-hydrogen) atoms. The molecule has 0 radical (unpaired) electrons. The van der Waals surface area contributed by atoms with E-state index in [1.165, 1.54) is 16.7 Å². The smallest absolute Gasteiger partial charge is 0.416 e. The molecule has 1 unspecified atom stereocenters. The number of carboxylic acid groups (broad SMARTS) is 1. The van der Waals surface area contributed by atoms with Gasteiger partial charge in [0.2, 0.25) is 0 Å². The van der Waals surface area contributed by atoms with Gasteiger partial charge in [-0.15, -0.1) is 0 Å². The van der Waals surface area contributed by atoms with Crippen molar-refractivity contribution < 1.29 is 27.8 Å². The molecular weight excluding hydrogens is 557 g/mol. The summed E-state index contributed by atoms with van der Waals surface area (Å²) in [6.45, 7) is 0.249. The summed E-state index contributed by atoms with van der Waals surface area (Å²) >= 11 is 0. The van der Waals surface area contributed by atoms with Crippen LogP contribution in [0.15, 0.2) is 102 Å². The average Bonchev–Trinajstić information content (AvgIpc) is 3.37. The number of fused-ring (bicyclic) bond motifs is 2. The molecule has 5 aromatic rings. The van der Waals surface area contributed by atoms with Crippen LogP contribution in [0.2, 0.25) is 0 Å². The first-order chi connectivity index (χ1) is 20.6. The number of carbonyl (C=O) groups is 1. The van der Waals surface area contributed by atoms with Crippen LogP contribution < -0.4 is 15.2 Å². The molecule has 218 valence electrons. The molecule has 0 saturated carbocycles. The van der Waals surface area contributed by atoms with E-state index in [-0.39, 0.29) is 30.9 Å². The van der Waals surface area contributed by atoms with Crippen molar-refractivity contribution in [2.24, 2.45) is 0 Å². The second-order valence-corrected chi connectivity index (χ2v) is 10.6. The third-order valence-corrected chi connectivity index (χ3v) is 7.83. The zero-order valence-corrected chi connectivity index (χ0v) is 23.1. The molecule has 1 aliphatic heterocycles. The Morgan fingerprint density at radius 1 is 0.930 bits per heavy atom. The van der Waals surface area contributed by atoms with Crippen LogP contribution >= 0.6 is 0 Å². The summed E-state index contributed by atoms with van der Waals surface area (Å²) in [5, 5.41) is 11.9. The maximum absolute atomic E-state index is 13.9. The molecule has 0 bridgehead atoms. The lowest BCUT2D eigenvalue weighted by molar-refractivity contribution is -0.140. The van der Waals surface area contributed by atoms with Crippen LogP contribution in [0.25, 0.3) is 21.9 Å². The number of rotatable bonds is 7. The highest BCUT2D eigenvalue weighted by Crippen LogP contribution is 2.43. The molecule has 2 heterocycles. The van der Waals surface area contributed by atoms with Gasteiger partial charge in [0.1, 0.15) is 11.6 Å². The number of methoxy groups -OCH3 is 1. The number of carboxylic acids is 1. The third-order valence-electron chi connectivity index (χ3n) is 7.83. The Hall–Kier alpha value is -5.05. The van der Waals surface area contributed by atoms with Crippen molar-refractivity contribution in [1.29, 1.82) is 0 Å². The van der Waals surface area contributed by atoms with Gasteiger partial charge in [-0.05, 0) is 63.7 Å². The van der Waals surface area contributed by atoms with Crippen molar-refractivity contribution in [3.8, 4) is 16.9 Å². The van der Waals surface area contributed by atoms with Crippen LogP contribution in [0, 0.1) is 0 Å². The molecule has 0 fully saturated rings. The number of pyridine rings is 1. The fourth-order valence-corrected chi connectivity index (χ4v) is 5.91. The van der Waals surface area contributed by atoms with E-state index >= 15 is 0 Å². The maximum Gasteiger partial charge on any atom is 0.416 e. The summed E-state index contributed by atoms with van der Waals surface area (Å²) in [4.78, 5) is 27.9. The van der Waals surface area contributed by atoms with Crippen molar-refractivity contribution in [3.63, 3.8) is 0 Å². The summed E-state index contributed by atoms with van der Waals surface area (Å²) in [5.74, 6) is -0.311. The molecule has 9 heteroatoms. The standard InChI is InChI=1S/C34H27F3N2O4/c1-43-27-16-22-10-5-6-13-28(22)24(17-27)14-25-18-30(40)39-29(33(41)42)20-38(19-21-8-3-2-4-9-21)32(39)31(25)23-11-7-12-26(15-23)34(35,36)37/h2-13,15-18,29H,14,19-20H2,1H3,(H,41,42). The fourth-order valence-electron chi connectivity index (χ4n) is 5.91. The predicted octanol–water partition coefficient (Wildman–Crippen LogP) is 6.93. The van der Waals surface area contributed by atoms with Crippen LogP contribution in [0.1, 0.15) is 28.3 Å². The van der Waals surface area contributed by atoms with E-state index in [9.17, 15) is 27.9 Å². The van der Waals surface area contributed by atoms with Gasteiger partial charge >= 0.3 is 12.1 Å². The number of hydrogen-bond acceptors (Lipinski definition) is 4. The van der Waals surface area contributed by atoms with E-state index in [2.05, 4.69) is 0 Å². The lowest BCUT2D eigenvalue weighted by atomic mass is 9.92. The molecule has 0 spiro atoms. The number of anilines is 1. The Labute approximate surface area is 245 Å². The van der Waals surface area contributed by atoms with Gasteiger partial charge in [0, 0.05) is 18.2 Å². The summed E-state index contributed by atoms with van der Waals surface area (Å²) < 4.78 is 48.4. The molecule has 1 atom stereocenters. The Morgan fingerprint density at radius 3 is 2.40 bits per heavy atom. The molecule has 6 rings (SSSR count). The maximum atomic E-state index is 13.9. The van der Waals surface area contributed by atoms with Crippen LogP contribution in [-0.2, 0) is 23.9 Å². The average molecular weight is 585 g/mol. The molecule has 0 saturated heterocycles. The predicted molar refractivity (Wildman–Crippen MR) is 159 cm³/mol. The highest BCUT2D eigenvalue weighted by molar-refractivity contribution is 5.89. The van der Waals surface area contributed by atoms with Gasteiger partial charge in [0.15, 0.2) is 6.04 Å². The van der Waals surface area contributed by atoms with Gasteiger partial charge in [-0.3, -0.25) is 9.36 Å². The van der Waals surface area contributed by atoms with Crippen molar-refractivity contribution in [2.75, 3.05) is 18.6 Å². The quantitative estimate of drug-likeness (QED) is 0.225. The van der Waals surface area contributed by atoms with Crippen molar-refractivity contribution >= 4 is 22.6 Å². The zero-order chi connectivity index (χ0) is 30.3. The Balaban J connectivity index is 1.63. The van der Waals surface area contributed by atoms with Gasteiger partial charge in [0.05, 0.1) is 19.2 Å². The van der Waals surface area contributed by atoms with Gasteiger partial charge in [-0.25, -0.2) is 4.79 Å². The number of benzene rings is 4. The minimum absolute atomic E-state index is 0.0169. The number of ether oxygens (including phenoxy) is 1. The summed E-state index contributed by atoms with van der Waals surface area (Å²) in [7, 11) is 1.55. The Morgan fingerprint density at radius 2 is 1.67 bits per heavy atom. The monoisotopic (exact) mass is 584 g/mol. The van der Waals surface area contributed by atoms with E-state index < -0.39 is 29.3 Å². The molecule has 0 amide bonds.